The van der Waals surface area contributed by atoms with Crippen LogP contribution in [0.15, 0.2) is 10.3 Å². The normalized spacial score (nSPS) is 10.4. The van der Waals surface area contributed by atoms with Gasteiger partial charge in [0.05, 0.1) is 16.4 Å². The van der Waals surface area contributed by atoms with Gasteiger partial charge in [-0.3, -0.25) is 14.9 Å². The molecular formula is C9H11NO4S2. The van der Waals surface area contributed by atoms with Crippen LogP contribution in [0.4, 0.5) is 5.69 Å². The fourth-order valence-electron chi connectivity index (χ4n) is 0.987. The molecule has 0 N–H and O–H groups in total. The number of ketones is 1. The van der Waals surface area contributed by atoms with Gasteiger partial charge in [-0.05, 0) is 6.92 Å². The summed E-state index contributed by atoms with van der Waals surface area (Å²) in [6, 6.07) is 1.34. The third-order valence-electron chi connectivity index (χ3n) is 1.74. The largest absolute Gasteiger partial charge is 0.384 e. The van der Waals surface area contributed by atoms with Crippen molar-refractivity contribution in [1.29, 1.82) is 0 Å². The minimum absolute atomic E-state index is 0.0105. The number of thiophene rings is 1. The van der Waals surface area contributed by atoms with Gasteiger partial charge < -0.3 is 4.74 Å². The van der Waals surface area contributed by atoms with Crippen LogP contribution in [0.2, 0.25) is 0 Å². The molecule has 0 aliphatic heterocycles. The Bertz CT molecular complexity index is 402. The summed E-state index contributed by atoms with van der Waals surface area (Å²) in [4.78, 5) is 21.8. The van der Waals surface area contributed by atoms with Gasteiger partial charge in [-0.25, -0.2) is 0 Å². The zero-order valence-electron chi connectivity index (χ0n) is 8.89. The zero-order valence-corrected chi connectivity index (χ0v) is 10.5. The molecule has 1 heterocycles. The van der Waals surface area contributed by atoms with E-state index < -0.39 is 4.92 Å². The van der Waals surface area contributed by atoms with Crippen molar-refractivity contribution >= 4 is 34.6 Å². The Labute approximate surface area is 101 Å². The van der Waals surface area contributed by atoms with Crippen LogP contribution in [-0.4, -0.2) is 30.2 Å². The van der Waals surface area contributed by atoms with Crippen LogP contribution in [0.25, 0.3) is 0 Å². The van der Waals surface area contributed by atoms with Crippen molar-refractivity contribution in [3.05, 3.63) is 21.1 Å². The van der Waals surface area contributed by atoms with E-state index in [2.05, 4.69) is 0 Å². The molecule has 1 aromatic heterocycles. The first-order valence-electron chi connectivity index (χ1n) is 4.47. The van der Waals surface area contributed by atoms with Crippen LogP contribution >= 0.6 is 23.1 Å². The lowest BCUT2D eigenvalue weighted by molar-refractivity contribution is -0.387. The van der Waals surface area contributed by atoms with Crippen LogP contribution in [0.5, 0.6) is 0 Å². The van der Waals surface area contributed by atoms with Gasteiger partial charge >= 0.3 is 0 Å². The second-order valence-corrected chi connectivity index (χ2v) is 5.35. The van der Waals surface area contributed by atoms with Crippen molar-refractivity contribution in [3.8, 4) is 0 Å². The number of hydrogen-bond donors (Lipinski definition) is 0. The molecule has 0 fully saturated rings. The SMILES string of the molecule is COCCSc1sc(C(C)=O)cc1[N+](=O)[O-]. The Morgan fingerprint density at radius 3 is 2.88 bits per heavy atom. The summed E-state index contributed by atoms with van der Waals surface area (Å²) in [6.07, 6.45) is 0. The Morgan fingerprint density at radius 2 is 2.38 bits per heavy atom. The van der Waals surface area contributed by atoms with E-state index in [1.807, 2.05) is 0 Å². The molecule has 0 saturated carbocycles. The minimum Gasteiger partial charge on any atom is -0.384 e. The summed E-state index contributed by atoms with van der Waals surface area (Å²) in [5, 5.41) is 10.7. The average molecular weight is 261 g/mol. The lowest BCUT2D eigenvalue weighted by atomic mass is 10.3. The number of rotatable bonds is 6. The standard InChI is InChI=1S/C9H11NO4S2/c1-6(11)8-5-7(10(12)13)9(16-8)15-4-3-14-2/h5H,3-4H2,1-2H3. The molecule has 88 valence electrons. The highest BCUT2D eigenvalue weighted by Crippen LogP contribution is 2.37. The molecule has 0 saturated heterocycles. The second-order valence-electron chi connectivity index (χ2n) is 2.94. The molecule has 0 aromatic carbocycles. The van der Waals surface area contributed by atoms with E-state index >= 15 is 0 Å². The van der Waals surface area contributed by atoms with E-state index in [4.69, 9.17) is 4.74 Å². The van der Waals surface area contributed by atoms with Gasteiger partial charge in [-0.2, -0.15) is 0 Å². The van der Waals surface area contributed by atoms with E-state index in [1.54, 1.807) is 7.11 Å². The maximum atomic E-state index is 11.1. The van der Waals surface area contributed by atoms with Crippen molar-refractivity contribution in [2.45, 2.75) is 11.1 Å². The van der Waals surface area contributed by atoms with Crippen molar-refractivity contribution < 1.29 is 14.5 Å². The first-order valence-corrected chi connectivity index (χ1v) is 6.27. The first-order chi connectivity index (χ1) is 7.56. The van der Waals surface area contributed by atoms with Gasteiger partial charge in [-0.15, -0.1) is 23.1 Å². The quantitative estimate of drug-likeness (QED) is 0.259. The molecule has 0 aliphatic carbocycles. The predicted molar refractivity (Wildman–Crippen MR) is 63.6 cm³/mol. The highest BCUT2D eigenvalue weighted by Gasteiger charge is 2.20. The number of nitro groups is 1. The molecule has 0 unspecified atom stereocenters. The maximum absolute atomic E-state index is 11.1. The van der Waals surface area contributed by atoms with E-state index in [-0.39, 0.29) is 11.5 Å². The predicted octanol–water partition coefficient (Wildman–Crippen LogP) is 2.60. The third kappa shape index (κ3) is 3.29. The molecule has 1 aromatic rings. The van der Waals surface area contributed by atoms with Crippen LogP contribution in [0, 0.1) is 10.1 Å². The molecule has 0 spiro atoms. The monoisotopic (exact) mass is 261 g/mol. The highest BCUT2D eigenvalue weighted by molar-refractivity contribution is 8.01. The van der Waals surface area contributed by atoms with Crippen LogP contribution < -0.4 is 0 Å². The summed E-state index contributed by atoms with van der Waals surface area (Å²) >= 11 is 2.50. The number of hydrogen-bond acceptors (Lipinski definition) is 6. The van der Waals surface area contributed by atoms with Crippen LogP contribution in [0.3, 0.4) is 0 Å². The second kappa shape index (κ2) is 5.97. The number of ether oxygens (including phenoxy) is 1. The highest BCUT2D eigenvalue weighted by atomic mass is 32.2. The Hall–Kier alpha value is -0.920. The first kappa shape index (κ1) is 13.1. The number of Topliss-reactive ketones (excluding diaryl/α,β-unsaturated/α-hetero) is 1. The summed E-state index contributed by atoms with van der Waals surface area (Å²) < 4.78 is 5.43. The van der Waals surface area contributed by atoms with Gasteiger partial charge in [0.2, 0.25) is 0 Å². The summed E-state index contributed by atoms with van der Waals surface area (Å²) in [6.45, 7) is 1.92. The topological polar surface area (TPSA) is 69.4 Å². The molecule has 7 heteroatoms. The molecule has 1 rings (SSSR count). The number of thioether (sulfide) groups is 1. The van der Waals surface area contributed by atoms with Crippen molar-refractivity contribution in [2.24, 2.45) is 0 Å². The Morgan fingerprint density at radius 1 is 1.69 bits per heavy atom. The molecule has 16 heavy (non-hydrogen) atoms. The number of carbonyl (C=O) groups excluding carboxylic acids is 1. The molecule has 0 atom stereocenters. The molecular weight excluding hydrogens is 250 g/mol. The van der Waals surface area contributed by atoms with Gasteiger partial charge in [0, 0.05) is 18.9 Å². The van der Waals surface area contributed by atoms with Crippen LogP contribution in [0.1, 0.15) is 16.6 Å². The van der Waals surface area contributed by atoms with Gasteiger partial charge in [-0.1, -0.05) is 0 Å². The summed E-state index contributed by atoms with van der Waals surface area (Å²) in [5.41, 5.74) is 0.0105. The fraction of sp³-hybridized carbons (Fsp3) is 0.444. The average Bonchev–Trinajstić information content (AvgIpc) is 2.62. The molecule has 5 nitrogen and oxygen atoms in total. The maximum Gasteiger partial charge on any atom is 0.294 e. The third-order valence-corrected chi connectivity index (χ3v) is 4.21. The Kier molecular flexibility index (Phi) is 4.91. The lowest BCUT2D eigenvalue weighted by Crippen LogP contribution is -1.92. The van der Waals surface area contributed by atoms with Crippen LogP contribution in [-0.2, 0) is 4.74 Å². The molecule has 0 aliphatic rings. The summed E-state index contributed by atoms with van der Waals surface area (Å²) in [7, 11) is 1.57. The number of methoxy groups -OCH3 is 1. The van der Waals surface area contributed by atoms with Gasteiger partial charge in [0.1, 0.15) is 4.21 Å². The molecule has 0 radical (unpaired) electrons. The van der Waals surface area contributed by atoms with Crippen molar-refractivity contribution in [1.82, 2.24) is 0 Å². The van der Waals surface area contributed by atoms with Crippen molar-refractivity contribution in [3.63, 3.8) is 0 Å². The minimum atomic E-state index is -0.460. The van der Waals surface area contributed by atoms with E-state index in [1.165, 1.54) is 24.8 Å². The fourth-order valence-corrected chi connectivity index (χ4v) is 3.21. The number of nitrogens with zero attached hydrogens (tertiary/aromatic N) is 1. The van der Waals surface area contributed by atoms with E-state index in [0.717, 1.165) is 11.3 Å². The van der Waals surface area contributed by atoms with Crippen molar-refractivity contribution in [2.75, 3.05) is 19.5 Å². The zero-order chi connectivity index (χ0) is 12.1. The smallest absolute Gasteiger partial charge is 0.294 e. The van der Waals surface area contributed by atoms with E-state index in [0.29, 0.717) is 21.4 Å². The molecule has 0 bridgehead atoms. The summed E-state index contributed by atoms with van der Waals surface area (Å²) in [5.74, 6) is 0.488. The molecule has 0 amide bonds. The van der Waals surface area contributed by atoms with Gasteiger partial charge in [0.15, 0.2) is 5.78 Å². The Balaban J connectivity index is 2.87. The number of carbonyl (C=O) groups is 1. The van der Waals surface area contributed by atoms with Gasteiger partial charge in [0.25, 0.3) is 5.69 Å². The van der Waals surface area contributed by atoms with E-state index in [9.17, 15) is 14.9 Å². The lowest BCUT2D eigenvalue weighted by Gasteiger charge is -1.96.